The average Bonchev–Trinajstić information content (AvgIpc) is 2.30. The van der Waals surface area contributed by atoms with Gasteiger partial charge in [-0.2, -0.15) is 0 Å². The van der Waals surface area contributed by atoms with E-state index in [1.165, 1.54) is 6.42 Å². The Morgan fingerprint density at radius 2 is 2.06 bits per heavy atom. The number of halogens is 1. The Bertz CT molecular complexity index is 403. The number of amides is 1. The van der Waals surface area contributed by atoms with Crippen molar-refractivity contribution in [3.8, 4) is 5.75 Å². The monoisotopic (exact) mass is 313 g/mol. The zero-order valence-corrected chi connectivity index (χ0v) is 11.8. The van der Waals surface area contributed by atoms with Gasteiger partial charge in [-0.1, -0.05) is 15.9 Å². The van der Waals surface area contributed by atoms with Crippen LogP contribution >= 0.6 is 15.9 Å². The number of hydroxylamine groups is 1. The highest BCUT2D eigenvalue weighted by Crippen LogP contribution is 2.21. The van der Waals surface area contributed by atoms with Crippen LogP contribution < -0.4 is 10.2 Å². The maximum Gasteiger partial charge on any atom is 0.284 e. The summed E-state index contributed by atoms with van der Waals surface area (Å²) in [5.74, 6) is 0.398. The lowest BCUT2D eigenvalue weighted by molar-refractivity contribution is -0.149. The molecule has 0 aromatic heterocycles. The Balaban J connectivity index is 1.77. The minimum Gasteiger partial charge on any atom is -0.481 e. The third kappa shape index (κ3) is 3.71. The summed E-state index contributed by atoms with van der Waals surface area (Å²) in [6.07, 6.45) is 2.80. The first-order chi connectivity index (χ1) is 8.65. The van der Waals surface area contributed by atoms with Gasteiger partial charge in [-0.25, -0.2) is 5.48 Å². The van der Waals surface area contributed by atoms with Crippen LogP contribution in [0.4, 0.5) is 0 Å². The fourth-order valence-electron chi connectivity index (χ4n) is 1.48. The Hall–Kier alpha value is -1.07. The number of carbonyl (C=O) groups is 1. The highest BCUT2D eigenvalue weighted by atomic mass is 79.9. The summed E-state index contributed by atoms with van der Waals surface area (Å²) in [4.78, 5) is 16.9. The summed E-state index contributed by atoms with van der Waals surface area (Å²) in [6, 6.07) is 7.34. The number of benzene rings is 1. The van der Waals surface area contributed by atoms with Crippen molar-refractivity contribution in [1.82, 2.24) is 5.48 Å². The van der Waals surface area contributed by atoms with Crippen molar-refractivity contribution in [2.24, 2.45) is 0 Å². The summed E-state index contributed by atoms with van der Waals surface area (Å²) in [7, 11) is 0. The average molecular weight is 314 g/mol. The van der Waals surface area contributed by atoms with Gasteiger partial charge in [0.2, 0.25) is 0 Å². The van der Waals surface area contributed by atoms with Crippen molar-refractivity contribution in [3.05, 3.63) is 28.7 Å². The van der Waals surface area contributed by atoms with Crippen molar-refractivity contribution < 1.29 is 14.4 Å². The van der Waals surface area contributed by atoms with Crippen molar-refractivity contribution >= 4 is 21.8 Å². The summed E-state index contributed by atoms with van der Waals surface area (Å²) in [6.45, 7) is 1.70. The summed E-state index contributed by atoms with van der Waals surface area (Å²) >= 11 is 3.34. The Labute approximate surface area is 115 Å². The Morgan fingerprint density at radius 1 is 1.39 bits per heavy atom. The largest absolute Gasteiger partial charge is 0.481 e. The fraction of sp³-hybridized carbons (Fsp3) is 0.462. The second kappa shape index (κ2) is 6.20. The summed E-state index contributed by atoms with van der Waals surface area (Å²) in [5.41, 5.74) is 2.44. The predicted octanol–water partition coefficient (Wildman–Crippen LogP) is 2.82. The number of hydrogen-bond donors (Lipinski definition) is 1. The first-order valence-corrected chi connectivity index (χ1v) is 6.82. The zero-order chi connectivity index (χ0) is 13.0. The van der Waals surface area contributed by atoms with Gasteiger partial charge in [0.1, 0.15) is 5.75 Å². The van der Waals surface area contributed by atoms with Crippen LogP contribution in [0.2, 0.25) is 0 Å². The van der Waals surface area contributed by atoms with Gasteiger partial charge in [0.05, 0.1) is 6.10 Å². The summed E-state index contributed by atoms with van der Waals surface area (Å²) < 4.78 is 6.47. The highest BCUT2D eigenvalue weighted by molar-refractivity contribution is 9.10. The van der Waals surface area contributed by atoms with Crippen molar-refractivity contribution in [2.75, 3.05) is 0 Å². The van der Waals surface area contributed by atoms with Gasteiger partial charge in [-0.15, -0.1) is 0 Å². The predicted molar refractivity (Wildman–Crippen MR) is 71.1 cm³/mol. The van der Waals surface area contributed by atoms with E-state index in [4.69, 9.17) is 9.57 Å². The second-order valence-corrected chi connectivity index (χ2v) is 5.27. The number of nitrogens with one attached hydrogen (secondary N) is 1. The minimum atomic E-state index is -0.578. The molecule has 1 aromatic carbocycles. The number of hydrogen-bond acceptors (Lipinski definition) is 3. The third-order valence-electron chi connectivity index (χ3n) is 2.87. The minimum absolute atomic E-state index is 0.175. The van der Waals surface area contributed by atoms with E-state index in [1.54, 1.807) is 19.1 Å². The fourth-order valence-corrected chi connectivity index (χ4v) is 1.75. The van der Waals surface area contributed by atoms with E-state index < -0.39 is 6.10 Å². The number of carbonyl (C=O) groups excluding carboxylic acids is 1. The van der Waals surface area contributed by atoms with Crippen LogP contribution in [-0.4, -0.2) is 18.1 Å². The van der Waals surface area contributed by atoms with Crippen molar-refractivity contribution in [3.63, 3.8) is 0 Å². The van der Waals surface area contributed by atoms with Crippen molar-refractivity contribution in [1.29, 1.82) is 0 Å². The smallest absolute Gasteiger partial charge is 0.284 e. The van der Waals surface area contributed by atoms with Gasteiger partial charge in [0, 0.05) is 4.47 Å². The van der Waals surface area contributed by atoms with Gasteiger partial charge in [0.25, 0.3) is 5.91 Å². The molecule has 5 heteroatoms. The molecule has 0 saturated heterocycles. The molecule has 2 rings (SSSR count). The number of rotatable bonds is 5. The summed E-state index contributed by atoms with van der Waals surface area (Å²) in [5, 5.41) is 0. The lowest BCUT2D eigenvalue weighted by atomic mass is 9.97. The van der Waals surface area contributed by atoms with E-state index in [9.17, 15) is 4.79 Å². The van der Waals surface area contributed by atoms with Crippen LogP contribution in [0.1, 0.15) is 26.2 Å². The Morgan fingerprint density at radius 3 is 2.61 bits per heavy atom. The molecule has 1 aliphatic carbocycles. The quantitative estimate of drug-likeness (QED) is 0.850. The molecule has 98 valence electrons. The maximum absolute atomic E-state index is 11.7. The molecular weight excluding hydrogens is 298 g/mol. The van der Waals surface area contributed by atoms with Crippen LogP contribution in [0.15, 0.2) is 28.7 Å². The van der Waals surface area contributed by atoms with Crippen LogP contribution in [0.3, 0.4) is 0 Å². The standard InChI is InChI=1S/C13H16BrNO3/c1-9(13(16)15-18-12-3-2-4-12)17-11-7-5-10(14)6-8-11/h5-9,12H,2-4H2,1H3,(H,15,16). The molecule has 0 aliphatic heterocycles. The van der Waals surface area contributed by atoms with E-state index in [-0.39, 0.29) is 12.0 Å². The van der Waals surface area contributed by atoms with Gasteiger partial charge < -0.3 is 4.74 Å². The maximum atomic E-state index is 11.7. The normalized spacial score (nSPS) is 16.8. The molecule has 1 aliphatic rings. The van der Waals surface area contributed by atoms with Crippen LogP contribution in [0.25, 0.3) is 0 Å². The SMILES string of the molecule is CC(Oc1ccc(Br)cc1)C(=O)NOC1CCC1. The van der Waals surface area contributed by atoms with E-state index in [2.05, 4.69) is 21.4 Å². The molecule has 18 heavy (non-hydrogen) atoms. The van der Waals surface area contributed by atoms with E-state index in [0.29, 0.717) is 5.75 Å². The topological polar surface area (TPSA) is 47.6 Å². The molecule has 1 unspecified atom stereocenters. The third-order valence-corrected chi connectivity index (χ3v) is 3.40. The number of ether oxygens (including phenoxy) is 1. The molecule has 1 aromatic rings. The van der Waals surface area contributed by atoms with Crippen LogP contribution in [-0.2, 0) is 9.63 Å². The molecule has 1 fully saturated rings. The first kappa shape index (κ1) is 13.4. The molecule has 0 heterocycles. The molecule has 4 nitrogen and oxygen atoms in total. The molecule has 1 atom stereocenters. The van der Waals surface area contributed by atoms with Gasteiger partial charge in [0.15, 0.2) is 6.10 Å². The molecule has 1 N–H and O–H groups in total. The van der Waals surface area contributed by atoms with E-state index in [1.807, 2.05) is 12.1 Å². The molecule has 1 amide bonds. The van der Waals surface area contributed by atoms with Crippen molar-refractivity contribution in [2.45, 2.75) is 38.4 Å². The zero-order valence-electron chi connectivity index (χ0n) is 10.2. The van der Waals surface area contributed by atoms with Gasteiger partial charge in [-0.3, -0.25) is 9.63 Å². The second-order valence-electron chi connectivity index (χ2n) is 4.35. The van der Waals surface area contributed by atoms with E-state index in [0.717, 1.165) is 17.3 Å². The first-order valence-electron chi connectivity index (χ1n) is 6.03. The molecular formula is C13H16BrNO3. The van der Waals surface area contributed by atoms with Gasteiger partial charge in [-0.05, 0) is 50.5 Å². The Kier molecular flexibility index (Phi) is 4.60. The lowest BCUT2D eigenvalue weighted by Gasteiger charge is -2.25. The molecule has 0 radical (unpaired) electrons. The van der Waals surface area contributed by atoms with Gasteiger partial charge >= 0.3 is 0 Å². The molecule has 0 bridgehead atoms. The molecule has 0 spiro atoms. The van der Waals surface area contributed by atoms with E-state index >= 15 is 0 Å². The lowest BCUT2D eigenvalue weighted by Crippen LogP contribution is -2.40. The van der Waals surface area contributed by atoms with Crippen LogP contribution in [0, 0.1) is 0 Å². The molecule has 1 saturated carbocycles. The highest BCUT2D eigenvalue weighted by Gasteiger charge is 2.21. The van der Waals surface area contributed by atoms with Crippen LogP contribution in [0.5, 0.6) is 5.75 Å².